The minimum atomic E-state index is -3.32. The van der Waals surface area contributed by atoms with Gasteiger partial charge in [0.15, 0.2) is 0 Å². The number of esters is 1. The summed E-state index contributed by atoms with van der Waals surface area (Å²) in [5, 5.41) is 0. The number of sulfonamides is 1. The molecule has 0 atom stereocenters. The molecule has 24 heavy (non-hydrogen) atoms. The van der Waals surface area contributed by atoms with Gasteiger partial charge in [0.25, 0.3) is 0 Å². The zero-order chi connectivity index (χ0) is 17.7. The van der Waals surface area contributed by atoms with E-state index in [2.05, 4.69) is 9.73 Å². The zero-order valence-electron chi connectivity index (χ0n) is 13.6. The first kappa shape index (κ1) is 17.7. The van der Waals surface area contributed by atoms with Gasteiger partial charge in [0.05, 0.1) is 30.3 Å². The monoisotopic (exact) mass is 346 g/mol. The summed E-state index contributed by atoms with van der Waals surface area (Å²) in [6.07, 6.45) is 2.78. The van der Waals surface area contributed by atoms with Crippen LogP contribution in [0.5, 0.6) is 0 Å². The normalized spacial score (nSPS) is 11.5. The van der Waals surface area contributed by atoms with Crippen LogP contribution in [0, 0.1) is 0 Å². The van der Waals surface area contributed by atoms with Crippen LogP contribution in [0.4, 0.5) is 11.4 Å². The van der Waals surface area contributed by atoms with E-state index in [1.54, 1.807) is 54.7 Å². The number of methoxy groups -OCH3 is 1. The van der Waals surface area contributed by atoms with E-state index in [4.69, 9.17) is 0 Å². The van der Waals surface area contributed by atoms with E-state index in [9.17, 15) is 13.2 Å². The van der Waals surface area contributed by atoms with Crippen molar-refractivity contribution in [2.75, 3.05) is 24.7 Å². The second-order valence-corrected chi connectivity index (χ2v) is 7.14. The van der Waals surface area contributed by atoms with Gasteiger partial charge in [-0.05, 0) is 35.9 Å². The molecule has 2 aromatic carbocycles. The van der Waals surface area contributed by atoms with E-state index in [0.717, 1.165) is 11.8 Å². The Hall–Kier alpha value is -2.67. The van der Waals surface area contributed by atoms with Crippen molar-refractivity contribution in [3.8, 4) is 0 Å². The van der Waals surface area contributed by atoms with E-state index in [1.807, 2.05) is 0 Å². The van der Waals surface area contributed by atoms with E-state index < -0.39 is 16.0 Å². The quantitative estimate of drug-likeness (QED) is 0.616. The molecule has 6 nitrogen and oxygen atoms in total. The summed E-state index contributed by atoms with van der Waals surface area (Å²) >= 11 is 0. The molecule has 0 aliphatic heterocycles. The lowest BCUT2D eigenvalue weighted by Crippen LogP contribution is -2.24. The van der Waals surface area contributed by atoms with E-state index in [0.29, 0.717) is 16.9 Å². The van der Waals surface area contributed by atoms with Crippen molar-refractivity contribution in [2.24, 2.45) is 4.99 Å². The maximum Gasteiger partial charge on any atom is 0.337 e. The minimum Gasteiger partial charge on any atom is -0.465 e. The van der Waals surface area contributed by atoms with Gasteiger partial charge >= 0.3 is 5.97 Å². The Balaban J connectivity index is 2.19. The molecule has 0 radical (unpaired) electrons. The lowest BCUT2D eigenvalue weighted by atomic mass is 10.1. The van der Waals surface area contributed by atoms with Crippen LogP contribution in [0.25, 0.3) is 0 Å². The van der Waals surface area contributed by atoms with Crippen LogP contribution < -0.4 is 4.31 Å². The molecule has 2 rings (SSSR count). The summed E-state index contributed by atoms with van der Waals surface area (Å²) < 4.78 is 29.0. The van der Waals surface area contributed by atoms with Gasteiger partial charge in [-0.15, -0.1) is 0 Å². The largest absolute Gasteiger partial charge is 0.465 e. The molecule has 0 unspecified atom stereocenters. The molecular weight excluding hydrogens is 328 g/mol. The summed E-state index contributed by atoms with van der Waals surface area (Å²) in [5.74, 6) is -0.394. The van der Waals surface area contributed by atoms with Gasteiger partial charge in [0.2, 0.25) is 10.0 Å². The average molecular weight is 346 g/mol. The van der Waals surface area contributed by atoms with Gasteiger partial charge in [-0.3, -0.25) is 9.30 Å². The first-order valence-electron chi connectivity index (χ1n) is 7.07. The molecule has 0 saturated heterocycles. The number of rotatable bonds is 5. The second-order valence-electron chi connectivity index (χ2n) is 5.12. The molecule has 0 aromatic heterocycles. The van der Waals surface area contributed by atoms with Crippen molar-refractivity contribution in [1.82, 2.24) is 0 Å². The molecule has 0 aliphatic rings. The molecule has 0 spiro atoms. The van der Waals surface area contributed by atoms with Crippen LogP contribution in [0.3, 0.4) is 0 Å². The molecule has 0 fully saturated rings. The Kier molecular flexibility index (Phi) is 5.35. The predicted molar refractivity (Wildman–Crippen MR) is 94.7 cm³/mol. The fraction of sp³-hybridized carbons (Fsp3) is 0.176. The Morgan fingerprint density at radius 3 is 2.42 bits per heavy atom. The molecule has 0 amide bonds. The molecule has 0 aliphatic carbocycles. The number of anilines is 1. The third kappa shape index (κ3) is 4.42. The van der Waals surface area contributed by atoms with Gasteiger partial charge in [0, 0.05) is 13.3 Å². The lowest BCUT2D eigenvalue weighted by molar-refractivity contribution is 0.0600. The van der Waals surface area contributed by atoms with Gasteiger partial charge in [-0.1, -0.05) is 18.2 Å². The highest BCUT2D eigenvalue weighted by molar-refractivity contribution is 7.92. The Morgan fingerprint density at radius 1 is 1.17 bits per heavy atom. The van der Waals surface area contributed by atoms with Crippen LogP contribution in [0.2, 0.25) is 0 Å². The lowest BCUT2D eigenvalue weighted by Gasteiger charge is -2.16. The number of ether oxygens (including phenoxy) is 1. The van der Waals surface area contributed by atoms with Crippen molar-refractivity contribution >= 4 is 33.6 Å². The molecule has 0 bridgehead atoms. The van der Waals surface area contributed by atoms with Crippen molar-refractivity contribution in [3.63, 3.8) is 0 Å². The zero-order valence-corrected chi connectivity index (χ0v) is 14.4. The summed E-state index contributed by atoms with van der Waals surface area (Å²) in [6, 6.07) is 13.7. The van der Waals surface area contributed by atoms with Crippen molar-refractivity contribution in [2.45, 2.75) is 0 Å². The van der Waals surface area contributed by atoms with Crippen molar-refractivity contribution < 1.29 is 17.9 Å². The number of hydrogen-bond donors (Lipinski definition) is 0. The number of benzene rings is 2. The molecule has 2 aromatic rings. The fourth-order valence-corrected chi connectivity index (χ4v) is 2.43. The summed E-state index contributed by atoms with van der Waals surface area (Å²) in [6.45, 7) is 0. The maximum atomic E-state index is 11.6. The standard InChI is InChI=1S/C17H18N2O4S/c1-19(24(3,21)22)16-6-4-5-15(11-16)18-12-13-7-9-14(10-8-13)17(20)23-2/h4-12H,1-3H3. The maximum absolute atomic E-state index is 11.6. The summed E-state index contributed by atoms with van der Waals surface area (Å²) in [7, 11) is -0.496. The van der Waals surface area contributed by atoms with E-state index >= 15 is 0 Å². The Labute approximate surface area is 141 Å². The van der Waals surface area contributed by atoms with Gasteiger partial charge in [-0.2, -0.15) is 0 Å². The van der Waals surface area contributed by atoms with Crippen LogP contribution >= 0.6 is 0 Å². The van der Waals surface area contributed by atoms with Crippen LogP contribution in [-0.2, 0) is 14.8 Å². The van der Waals surface area contributed by atoms with Crippen LogP contribution in [0.15, 0.2) is 53.5 Å². The van der Waals surface area contributed by atoms with E-state index in [-0.39, 0.29) is 0 Å². The second kappa shape index (κ2) is 7.27. The van der Waals surface area contributed by atoms with Crippen LogP contribution in [0.1, 0.15) is 15.9 Å². The number of carbonyl (C=O) groups is 1. The number of hydrogen-bond acceptors (Lipinski definition) is 5. The molecule has 0 heterocycles. The molecular formula is C17H18N2O4S. The first-order valence-corrected chi connectivity index (χ1v) is 8.92. The third-order valence-electron chi connectivity index (χ3n) is 3.39. The average Bonchev–Trinajstić information content (AvgIpc) is 2.58. The van der Waals surface area contributed by atoms with Crippen molar-refractivity contribution in [1.29, 1.82) is 0 Å². The summed E-state index contributed by atoms with van der Waals surface area (Å²) in [4.78, 5) is 15.7. The highest BCUT2D eigenvalue weighted by Gasteiger charge is 2.11. The molecule has 126 valence electrons. The molecule has 0 saturated carbocycles. The smallest absolute Gasteiger partial charge is 0.337 e. The van der Waals surface area contributed by atoms with Gasteiger partial charge in [-0.25, -0.2) is 13.2 Å². The van der Waals surface area contributed by atoms with Crippen LogP contribution in [-0.4, -0.2) is 41.0 Å². The number of nitrogens with zero attached hydrogens (tertiary/aromatic N) is 2. The SMILES string of the molecule is COC(=O)c1ccc(C=Nc2cccc(N(C)S(C)(=O)=O)c2)cc1. The fourth-order valence-electron chi connectivity index (χ4n) is 1.93. The van der Waals surface area contributed by atoms with E-state index in [1.165, 1.54) is 18.5 Å². The highest BCUT2D eigenvalue weighted by Crippen LogP contribution is 2.22. The van der Waals surface area contributed by atoms with Gasteiger partial charge < -0.3 is 4.74 Å². The highest BCUT2D eigenvalue weighted by atomic mass is 32.2. The predicted octanol–water partition coefficient (Wildman–Crippen LogP) is 2.62. The van der Waals surface area contributed by atoms with Crippen molar-refractivity contribution in [3.05, 3.63) is 59.7 Å². The summed E-state index contributed by atoms with van der Waals surface area (Å²) in [5.41, 5.74) is 2.43. The Bertz CT molecular complexity index is 858. The Morgan fingerprint density at radius 2 is 1.83 bits per heavy atom. The topological polar surface area (TPSA) is 76.0 Å². The number of aliphatic imine (C=N–C) groups is 1. The minimum absolute atomic E-state index is 0.394. The molecule has 7 heteroatoms. The van der Waals surface area contributed by atoms with Gasteiger partial charge in [0.1, 0.15) is 0 Å². The molecule has 0 N–H and O–H groups in total. The number of carbonyl (C=O) groups excluding carboxylic acids is 1. The first-order chi connectivity index (χ1) is 11.3. The third-order valence-corrected chi connectivity index (χ3v) is 4.59.